The lowest BCUT2D eigenvalue weighted by atomic mass is 9.98. The van der Waals surface area contributed by atoms with E-state index in [4.69, 9.17) is 9.47 Å². The number of nitrogens with zero attached hydrogens (tertiary/aromatic N) is 3. The Kier molecular flexibility index (Phi) is 6.04. The summed E-state index contributed by atoms with van der Waals surface area (Å²) in [5, 5.41) is 0. The molecule has 128 valence electrons. The summed E-state index contributed by atoms with van der Waals surface area (Å²) in [6, 6.07) is 8.75. The molecule has 0 aliphatic carbocycles. The Morgan fingerprint density at radius 1 is 1.21 bits per heavy atom. The molecule has 24 heavy (non-hydrogen) atoms. The summed E-state index contributed by atoms with van der Waals surface area (Å²) in [4.78, 5) is 10.8. The van der Waals surface area contributed by atoms with Crippen molar-refractivity contribution in [3.63, 3.8) is 0 Å². The molecule has 0 saturated carbocycles. The summed E-state index contributed by atoms with van der Waals surface area (Å²) >= 11 is 3.33. The first-order valence-corrected chi connectivity index (χ1v) is 8.98. The molecule has 1 atom stereocenters. The van der Waals surface area contributed by atoms with Gasteiger partial charge >= 0.3 is 6.01 Å². The highest BCUT2D eigenvalue weighted by Crippen LogP contribution is 2.20. The maximum atomic E-state index is 5.74. The van der Waals surface area contributed by atoms with Crippen LogP contribution in [0.4, 0.5) is 0 Å². The predicted molar refractivity (Wildman–Crippen MR) is 96.2 cm³/mol. The molecule has 2 heterocycles. The molecule has 2 aromatic rings. The summed E-state index contributed by atoms with van der Waals surface area (Å²) in [5.41, 5.74) is 1.31. The number of benzene rings is 1. The molecule has 1 aromatic carbocycles. The van der Waals surface area contributed by atoms with Gasteiger partial charge in [0.1, 0.15) is 5.75 Å². The first-order chi connectivity index (χ1) is 11.7. The zero-order valence-electron chi connectivity index (χ0n) is 13.8. The maximum absolute atomic E-state index is 5.74. The average Bonchev–Trinajstić information content (AvgIpc) is 2.62. The van der Waals surface area contributed by atoms with Crippen molar-refractivity contribution >= 4 is 15.9 Å². The standard InChI is InChI=1S/C18H22BrN3O2/c1-23-17-6-4-14(5-7-17)11-22-8-2-3-15(12-22)13-24-18-20-9-16(19)10-21-18/h4-7,9-10,15H,2-3,8,11-13H2,1H3. The second-order valence-electron chi connectivity index (χ2n) is 6.09. The monoisotopic (exact) mass is 391 g/mol. The molecule has 6 heteroatoms. The number of piperidine rings is 1. The molecule has 0 spiro atoms. The fourth-order valence-corrected chi connectivity index (χ4v) is 3.19. The molecule has 0 amide bonds. The molecular formula is C18H22BrN3O2. The van der Waals surface area contributed by atoms with E-state index in [1.807, 2.05) is 12.1 Å². The predicted octanol–water partition coefficient (Wildman–Crippen LogP) is 3.54. The zero-order chi connectivity index (χ0) is 16.8. The Hall–Kier alpha value is -1.66. The molecule has 1 aliphatic rings. The van der Waals surface area contributed by atoms with E-state index < -0.39 is 0 Å². The number of methoxy groups -OCH3 is 1. The third kappa shape index (κ3) is 4.92. The molecule has 1 aliphatic heterocycles. The number of halogens is 1. The van der Waals surface area contributed by atoms with Crippen LogP contribution in [0.2, 0.25) is 0 Å². The smallest absolute Gasteiger partial charge is 0.316 e. The highest BCUT2D eigenvalue weighted by atomic mass is 79.9. The van der Waals surface area contributed by atoms with E-state index in [2.05, 4.69) is 42.9 Å². The zero-order valence-corrected chi connectivity index (χ0v) is 15.4. The van der Waals surface area contributed by atoms with Crippen molar-refractivity contribution in [2.45, 2.75) is 19.4 Å². The fourth-order valence-electron chi connectivity index (χ4n) is 2.99. The molecule has 0 N–H and O–H groups in total. The summed E-state index contributed by atoms with van der Waals surface area (Å²) in [5.74, 6) is 1.42. The van der Waals surface area contributed by atoms with Crippen LogP contribution in [-0.4, -0.2) is 41.7 Å². The van der Waals surface area contributed by atoms with Crippen LogP contribution in [-0.2, 0) is 6.54 Å². The summed E-state index contributed by atoms with van der Waals surface area (Å²) in [6.45, 7) is 3.82. The van der Waals surface area contributed by atoms with E-state index in [-0.39, 0.29) is 0 Å². The van der Waals surface area contributed by atoms with E-state index in [9.17, 15) is 0 Å². The number of hydrogen-bond acceptors (Lipinski definition) is 5. The maximum Gasteiger partial charge on any atom is 0.316 e. The largest absolute Gasteiger partial charge is 0.497 e. The first-order valence-electron chi connectivity index (χ1n) is 8.18. The fraction of sp³-hybridized carbons (Fsp3) is 0.444. The highest BCUT2D eigenvalue weighted by molar-refractivity contribution is 9.10. The van der Waals surface area contributed by atoms with Crippen molar-refractivity contribution in [1.29, 1.82) is 0 Å². The second-order valence-corrected chi connectivity index (χ2v) is 7.00. The van der Waals surface area contributed by atoms with Crippen molar-refractivity contribution < 1.29 is 9.47 Å². The lowest BCUT2D eigenvalue weighted by molar-refractivity contribution is 0.120. The molecule has 0 radical (unpaired) electrons. The normalized spacial score (nSPS) is 18.3. The minimum absolute atomic E-state index is 0.450. The topological polar surface area (TPSA) is 47.5 Å². The number of aromatic nitrogens is 2. The van der Waals surface area contributed by atoms with E-state index in [1.165, 1.54) is 18.4 Å². The van der Waals surface area contributed by atoms with Gasteiger partial charge in [-0.25, -0.2) is 9.97 Å². The first kappa shape index (κ1) is 17.2. The average molecular weight is 392 g/mol. The number of rotatable bonds is 6. The van der Waals surface area contributed by atoms with Gasteiger partial charge in [0.2, 0.25) is 0 Å². The van der Waals surface area contributed by atoms with Crippen LogP contribution in [0.15, 0.2) is 41.1 Å². The summed E-state index contributed by atoms with van der Waals surface area (Å²) in [6.07, 6.45) is 5.80. The van der Waals surface area contributed by atoms with E-state index >= 15 is 0 Å². The minimum atomic E-state index is 0.450. The Morgan fingerprint density at radius 2 is 1.96 bits per heavy atom. The van der Waals surface area contributed by atoms with Gasteiger partial charge in [-0.05, 0) is 53.0 Å². The van der Waals surface area contributed by atoms with Gasteiger partial charge in [-0.3, -0.25) is 4.90 Å². The highest BCUT2D eigenvalue weighted by Gasteiger charge is 2.21. The summed E-state index contributed by atoms with van der Waals surface area (Å²) in [7, 11) is 1.69. The quantitative estimate of drug-likeness (QED) is 0.753. The van der Waals surface area contributed by atoms with Gasteiger partial charge in [-0.2, -0.15) is 0 Å². The van der Waals surface area contributed by atoms with Crippen molar-refractivity contribution in [3.05, 3.63) is 46.7 Å². The molecule has 3 rings (SSSR count). The van der Waals surface area contributed by atoms with Crippen molar-refractivity contribution in [3.8, 4) is 11.8 Å². The molecule has 5 nitrogen and oxygen atoms in total. The van der Waals surface area contributed by atoms with Gasteiger partial charge in [-0.15, -0.1) is 0 Å². The molecule has 1 fully saturated rings. The molecular weight excluding hydrogens is 370 g/mol. The van der Waals surface area contributed by atoms with Crippen LogP contribution >= 0.6 is 15.9 Å². The van der Waals surface area contributed by atoms with Crippen LogP contribution in [0.1, 0.15) is 18.4 Å². The Labute approximate surface area is 151 Å². The SMILES string of the molecule is COc1ccc(CN2CCCC(COc3ncc(Br)cn3)C2)cc1. The van der Waals surface area contributed by atoms with Crippen molar-refractivity contribution in [1.82, 2.24) is 14.9 Å². The Morgan fingerprint density at radius 3 is 2.67 bits per heavy atom. The summed E-state index contributed by atoms with van der Waals surface area (Å²) < 4.78 is 11.8. The van der Waals surface area contributed by atoms with E-state index in [1.54, 1.807) is 19.5 Å². The molecule has 1 unspecified atom stereocenters. The van der Waals surface area contributed by atoms with Gasteiger partial charge < -0.3 is 9.47 Å². The third-order valence-electron chi connectivity index (χ3n) is 4.21. The Balaban J connectivity index is 1.49. The van der Waals surface area contributed by atoms with Crippen molar-refractivity contribution in [2.24, 2.45) is 5.92 Å². The number of likely N-dealkylation sites (tertiary alicyclic amines) is 1. The van der Waals surface area contributed by atoms with Gasteiger partial charge in [0, 0.05) is 31.4 Å². The molecule has 1 aromatic heterocycles. The van der Waals surface area contributed by atoms with Gasteiger partial charge in [0.25, 0.3) is 0 Å². The van der Waals surface area contributed by atoms with Crippen LogP contribution in [0.25, 0.3) is 0 Å². The molecule has 0 bridgehead atoms. The van der Waals surface area contributed by atoms with Gasteiger partial charge in [-0.1, -0.05) is 12.1 Å². The minimum Gasteiger partial charge on any atom is -0.497 e. The number of ether oxygens (including phenoxy) is 2. The van der Waals surface area contributed by atoms with Crippen LogP contribution < -0.4 is 9.47 Å². The second kappa shape index (κ2) is 8.44. The lowest BCUT2D eigenvalue weighted by Gasteiger charge is -2.32. The molecule has 1 saturated heterocycles. The van der Waals surface area contributed by atoms with Gasteiger partial charge in [0.15, 0.2) is 0 Å². The number of hydrogen-bond donors (Lipinski definition) is 0. The van der Waals surface area contributed by atoms with E-state index in [0.29, 0.717) is 18.5 Å². The van der Waals surface area contributed by atoms with Crippen LogP contribution in [0.5, 0.6) is 11.8 Å². The van der Waals surface area contributed by atoms with Crippen LogP contribution in [0.3, 0.4) is 0 Å². The lowest BCUT2D eigenvalue weighted by Crippen LogP contribution is -2.37. The van der Waals surface area contributed by atoms with Crippen molar-refractivity contribution in [2.75, 3.05) is 26.8 Å². The van der Waals surface area contributed by atoms with Crippen LogP contribution in [0, 0.1) is 5.92 Å². The third-order valence-corrected chi connectivity index (χ3v) is 4.62. The van der Waals surface area contributed by atoms with Gasteiger partial charge in [0.05, 0.1) is 18.2 Å². The van der Waals surface area contributed by atoms with E-state index in [0.717, 1.165) is 29.9 Å². The Bertz CT molecular complexity index is 634.